The predicted octanol–water partition coefficient (Wildman–Crippen LogP) is 2.10. The highest BCUT2D eigenvalue weighted by atomic mass is 16.5. The minimum absolute atomic E-state index is 0.0115. The molecule has 0 bridgehead atoms. The van der Waals surface area contributed by atoms with Gasteiger partial charge in [0.15, 0.2) is 11.5 Å². The van der Waals surface area contributed by atoms with Gasteiger partial charge in [-0.05, 0) is 13.8 Å². The van der Waals surface area contributed by atoms with E-state index >= 15 is 0 Å². The molecule has 0 saturated carbocycles. The number of hydrogen-bond donors (Lipinski definition) is 1. The first-order valence-electron chi connectivity index (χ1n) is 8.76. The largest absolute Gasteiger partial charge is 0.372 e. The Morgan fingerprint density at radius 3 is 2.58 bits per heavy atom. The van der Waals surface area contributed by atoms with Crippen molar-refractivity contribution >= 4 is 11.8 Å². The number of rotatable bonds is 5. The van der Waals surface area contributed by atoms with Crippen LogP contribution in [0.25, 0.3) is 11.3 Å². The number of benzene rings is 1. The molecule has 1 fully saturated rings. The van der Waals surface area contributed by atoms with Crippen molar-refractivity contribution in [1.82, 2.24) is 15.4 Å². The van der Waals surface area contributed by atoms with E-state index in [0.717, 1.165) is 5.56 Å². The van der Waals surface area contributed by atoms with E-state index < -0.39 is 0 Å². The third-order valence-corrected chi connectivity index (χ3v) is 4.20. The summed E-state index contributed by atoms with van der Waals surface area (Å²) < 4.78 is 10.8. The maximum Gasteiger partial charge on any atom is 0.273 e. The van der Waals surface area contributed by atoms with Crippen LogP contribution in [0.3, 0.4) is 0 Å². The summed E-state index contributed by atoms with van der Waals surface area (Å²) in [7, 11) is 0. The lowest BCUT2D eigenvalue weighted by Crippen LogP contribution is -2.48. The van der Waals surface area contributed by atoms with E-state index in [0.29, 0.717) is 18.8 Å². The summed E-state index contributed by atoms with van der Waals surface area (Å²) in [6.45, 7) is 5.33. The molecule has 2 amide bonds. The fourth-order valence-electron chi connectivity index (χ4n) is 3.03. The zero-order valence-corrected chi connectivity index (χ0v) is 15.0. The smallest absolute Gasteiger partial charge is 0.273 e. The standard InChI is InChI=1S/C19H23N3O4/c1-13-11-22(12-14(2)25-13)18(23)8-9-20-19(24)16-10-17(26-21-16)15-6-4-3-5-7-15/h3-7,10,13-14H,8-9,11-12H2,1-2H3,(H,20,24). The van der Waals surface area contributed by atoms with Crippen LogP contribution in [-0.2, 0) is 9.53 Å². The SMILES string of the molecule is CC1CN(C(=O)CCNC(=O)c2cc(-c3ccccc3)on2)CC(C)O1. The third kappa shape index (κ3) is 4.49. The van der Waals surface area contributed by atoms with Gasteiger partial charge in [0.2, 0.25) is 5.91 Å². The van der Waals surface area contributed by atoms with Crippen LogP contribution >= 0.6 is 0 Å². The fraction of sp³-hybridized carbons (Fsp3) is 0.421. The quantitative estimate of drug-likeness (QED) is 0.886. The number of aromatic nitrogens is 1. The van der Waals surface area contributed by atoms with E-state index in [-0.39, 0.29) is 42.7 Å². The molecule has 3 rings (SSSR count). The zero-order chi connectivity index (χ0) is 18.5. The molecule has 0 spiro atoms. The lowest BCUT2D eigenvalue weighted by molar-refractivity contribution is -0.143. The van der Waals surface area contributed by atoms with Crippen molar-refractivity contribution in [3.8, 4) is 11.3 Å². The van der Waals surface area contributed by atoms with Gasteiger partial charge in [0.1, 0.15) is 0 Å². The normalized spacial score (nSPS) is 20.0. The molecule has 1 aliphatic heterocycles. The summed E-state index contributed by atoms with van der Waals surface area (Å²) in [6.07, 6.45) is 0.307. The average molecular weight is 357 g/mol. The molecule has 7 nitrogen and oxygen atoms in total. The van der Waals surface area contributed by atoms with Gasteiger partial charge in [-0.3, -0.25) is 9.59 Å². The number of nitrogens with one attached hydrogen (secondary N) is 1. The van der Waals surface area contributed by atoms with Gasteiger partial charge in [0, 0.05) is 37.7 Å². The monoisotopic (exact) mass is 357 g/mol. The first kappa shape index (κ1) is 18.1. The molecule has 2 atom stereocenters. The Hall–Kier alpha value is -2.67. The van der Waals surface area contributed by atoms with Crippen LogP contribution in [0.1, 0.15) is 30.8 Å². The van der Waals surface area contributed by atoms with Gasteiger partial charge in [-0.1, -0.05) is 35.5 Å². The van der Waals surface area contributed by atoms with Crippen LogP contribution in [-0.4, -0.2) is 53.7 Å². The fourth-order valence-corrected chi connectivity index (χ4v) is 3.03. The van der Waals surface area contributed by atoms with Gasteiger partial charge in [-0.25, -0.2) is 0 Å². The summed E-state index contributed by atoms with van der Waals surface area (Å²) in [5.41, 5.74) is 1.05. The van der Waals surface area contributed by atoms with Gasteiger partial charge in [0.25, 0.3) is 5.91 Å². The Labute approximate surface area is 152 Å². The molecule has 2 heterocycles. The van der Waals surface area contributed by atoms with Gasteiger partial charge in [-0.2, -0.15) is 0 Å². The van der Waals surface area contributed by atoms with Crippen molar-refractivity contribution in [3.05, 3.63) is 42.1 Å². The van der Waals surface area contributed by atoms with E-state index in [9.17, 15) is 9.59 Å². The Morgan fingerprint density at radius 2 is 1.88 bits per heavy atom. The maximum atomic E-state index is 12.3. The van der Waals surface area contributed by atoms with Crippen molar-refractivity contribution < 1.29 is 18.8 Å². The number of amides is 2. The summed E-state index contributed by atoms with van der Waals surface area (Å²) in [4.78, 5) is 26.2. The van der Waals surface area contributed by atoms with Gasteiger partial charge in [-0.15, -0.1) is 0 Å². The number of ether oxygens (including phenoxy) is 1. The lowest BCUT2D eigenvalue weighted by atomic mass is 10.1. The van der Waals surface area contributed by atoms with Crippen LogP contribution in [0.2, 0.25) is 0 Å². The minimum Gasteiger partial charge on any atom is -0.372 e. The summed E-state index contributed by atoms with van der Waals surface area (Å²) in [5, 5.41) is 6.52. The Morgan fingerprint density at radius 1 is 1.19 bits per heavy atom. The van der Waals surface area contributed by atoms with Crippen LogP contribution in [0.5, 0.6) is 0 Å². The van der Waals surface area contributed by atoms with E-state index in [2.05, 4.69) is 10.5 Å². The van der Waals surface area contributed by atoms with Crippen LogP contribution in [0.4, 0.5) is 0 Å². The van der Waals surface area contributed by atoms with Crippen molar-refractivity contribution in [1.29, 1.82) is 0 Å². The van der Waals surface area contributed by atoms with Crippen molar-refractivity contribution in [2.24, 2.45) is 0 Å². The van der Waals surface area contributed by atoms with E-state index in [4.69, 9.17) is 9.26 Å². The molecule has 138 valence electrons. The molecule has 2 aromatic rings. The molecule has 1 aromatic heterocycles. The van der Waals surface area contributed by atoms with Crippen LogP contribution in [0, 0.1) is 0 Å². The topological polar surface area (TPSA) is 84.7 Å². The summed E-state index contributed by atoms with van der Waals surface area (Å²) >= 11 is 0. The molecular formula is C19H23N3O4. The summed E-state index contributed by atoms with van der Waals surface area (Å²) in [6, 6.07) is 11.0. The van der Waals surface area contributed by atoms with Gasteiger partial charge < -0.3 is 19.5 Å². The van der Waals surface area contributed by atoms with Crippen molar-refractivity contribution in [3.63, 3.8) is 0 Å². The molecule has 26 heavy (non-hydrogen) atoms. The minimum atomic E-state index is -0.354. The first-order valence-corrected chi connectivity index (χ1v) is 8.76. The van der Waals surface area contributed by atoms with Crippen LogP contribution in [0.15, 0.2) is 40.9 Å². The summed E-state index contributed by atoms with van der Waals surface area (Å²) in [5.74, 6) is 0.188. The predicted molar refractivity (Wildman–Crippen MR) is 95.5 cm³/mol. The number of morpholine rings is 1. The maximum absolute atomic E-state index is 12.3. The molecule has 2 unspecified atom stereocenters. The number of carbonyl (C=O) groups excluding carboxylic acids is 2. The molecule has 1 saturated heterocycles. The first-order chi connectivity index (χ1) is 12.5. The highest BCUT2D eigenvalue weighted by Gasteiger charge is 2.25. The second-order valence-corrected chi connectivity index (χ2v) is 6.50. The molecule has 0 aliphatic carbocycles. The Balaban J connectivity index is 1.48. The highest BCUT2D eigenvalue weighted by Crippen LogP contribution is 2.19. The Kier molecular flexibility index (Phi) is 5.68. The molecule has 1 aliphatic rings. The van der Waals surface area contributed by atoms with Gasteiger partial charge in [0.05, 0.1) is 12.2 Å². The zero-order valence-electron chi connectivity index (χ0n) is 15.0. The molecule has 1 aromatic carbocycles. The molecule has 0 radical (unpaired) electrons. The number of hydrogen-bond acceptors (Lipinski definition) is 5. The van der Waals surface area contributed by atoms with Crippen LogP contribution < -0.4 is 5.32 Å². The number of nitrogens with zero attached hydrogens (tertiary/aromatic N) is 2. The molecular weight excluding hydrogens is 334 g/mol. The number of carbonyl (C=O) groups is 2. The van der Waals surface area contributed by atoms with E-state index in [1.807, 2.05) is 44.2 Å². The second-order valence-electron chi connectivity index (χ2n) is 6.50. The Bertz CT molecular complexity index is 749. The highest BCUT2D eigenvalue weighted by molar-refractivity contribution is 5.93. The van der Waals surface area contributed by atoms with Gasteiger partial charge >= 0.3 is 0 Å². The average Bonchev–Trinajstić information content (AvgIpc) is 3.11. The van der Waals surface area contributed by atoms with Crippen molar-refractivity contribution in [2.45, 2.75) is 32.5 Å². The van der Waals surface area contributed by atoms with E-state index in [1.165, 1.54) is 0 Å². The molecule has 1 N–H and O–H groups in total. The third-order valence-electron chi connectivity index (χ3n) is 4.20. The van der Waals surface area contributed by atoms with E-state index in [1.54, 1.807) is 11.0 Å². The second kappa shape index (κ2) is 8.14. The van der Waals surface area contributed by atoms with Crippen molar-refractivity contribution in [2.75, 3.05) is 19.6 Å². The molecule has 7 heteroatoms. The lowest BCUT2D eigenvalue weighted by Gasteiger charge is -2.35.